The van der Waals surface area contributed by atoms with Crippen LogP contribution in [0.3, 0.4) is 0 Å². The zero-order valence-electron chi connectivity index (χ0n) is 8.55. The molecule has 2 aromatic carbocycles. The molecule has 3 rings (SSSR count). The molecule has 1 N–H and O–H groups in total. The first-order valence-electron chi connectivity index (χ1n) is 5.22. The molecule has 0 aliphatic carbocycles. The predicted octanol–water partition coefficient (Wildman–Crippen LogP) is 3.97. The fraction of sp³-hybridized carbons (Fsp3) is 0.231. The maximum Gasteiger partial charge on any atom is 0.0382 e. The van der Waals surface area contributed by atoms with Gasteiger partial charge in [-0.2, -0.15) is 0 Å². The van der Waals surface area contributed by atoms with Crippen molar-refractivity contribution < 1.29 is 0 Å². The highest BCUT2D eigenvalue weighted by atomic mass is 127. The van der Waals surface area contributed by atoms with E-state index >= 15 is 0 Å². The maximum absolute atomic E-state index is 3.46. The first kappa shape index (κ1) is 9.46. The summed E-state index contributed by atoms with van der Waals surface area (Å²) in [5, 5.41) is 6.25. The minimum Gasteiger partial charge on any atom is -0.384 e. The summed E-state index contributed by atoms with van der Waals surface area (Å²) in [6, 6.07) is 11.0. The summed E-state index contributed by atoms with van der Waals surface area (Å²) in [5.41, 5.74) is 2.81. The number of benzene rings is 2. The van der Waals surface area contributed by atoms with Crippen molar-refractivity contribution in [2.45, 2.75) is 12.8 Å². The highest BCUT2D eigenvalue weighted by Gasteiger charge is 2.20. The average Bonchev–Trinajstić information content (AvgIpc) is 2.61. The fourth-order valence-electron chi connectivity index (χ4n) is 2.39. The van der Waals surface area contributed by atoms with E-state index in [1.165, 1.54) is 25.6 Å². The van der Waals surface area contributed by atoms with Gasteiger partial charge in [-0.1, -0.05) is 25.1 Å². The van der Waals surface area contributed by atoms with E-state index in [2.05, 4.69) is 65.2 Å². The largest absolute Gasteiger partial charge is 0.384 e. The number of anilines is 1. The minimum absolute atomic E-state index is 0.627. The van der Waals surface area contributed by atoms with Crippen LogP contribution in [0.25, 0.3) is 10.8 Å². The molecule has 0 bridgehead atoms. The molecule has 0 aromatic heterocycles. The summed E-state index contributed by atoms with van der Waals surface area (Å²) in [6.45, 7) is 3.36. The number of hydrogen-bond donors (Lipinski definition) is 1. The number of rotatable bonds is 0. The van der Waals surface area contributed by atoms with E-state index in [9.17, 15) is 0 Å². The lowest BCUT2D eigenvalue weighted by Crippen LogP contribution is -1.96. The van der Waals surface area contributed by atoms with Gasteiger partial charge in [0.25, 0.3) is 0 Å². The molecule has 2 aromatic rings. The van der Waals surface area contributed by atoms with Crippen LogP contribution in [0.1, 0.15) is 18.4 Å². The Bertz CT molecular complexity index is 533. The Balaban J connectivity index is 2.43. The molecule has 0 saturated heterocycles. The molecule has 0 fully saturated rings. The van der Waals surface area contributed by atoms with Crippen molar-refractivity contribution in [3.05, 3.63) is 39.5 Å². The lowest BCUT2D eigenvalue weighted by Gasteiger charge is -2.09. The van der Waals surface area contributed by atoms with Gasteiger partial charge < -0.3 is 5.32 Å². The van der Waals surface area contributed by atoms with Gasteiger partial charge in [-0.15, -0.1) is 0 Å². The maximum atomic E-state index is 3.46. The number of fused-ring (bicyclic) bond motifs is 3. The van der Waals surface area contributed by atoms with E-state index in [-0.39, 0.29) is 0 Å². The van der Waals surface area contributed by atoms with E-state index < -0.39 is 0 Å². The summed E-state index contributed by atoms with van der Waals surface area (Å²) < 4.78 is 1.34. The van der Waals surface area contributed by atoms with E-state index in [1.807, 2.05) is 0 Å². The highest BCUT2D eigenvalue weighted by molar-refractivity contribution is 14.1. The van der Waals surface area contributed by atoms with Gasteiger partial charge in [-0.05, 0) is 51.1 Å². The van der Waals surface area contributed by atoms with Crippen LogP contribution in [-0.4, -0.2) is 6.54 Å². The average molecular weight is 309 g/mol. The van der Waals surface area contributed by atoms with Crippen LogP contribution in [0.15, 0.2) is 30.3 Å². The molecule has 1 heterocycles. The molecule has 1 aliphatic rings. The van der Waals surface area contributed by atoms with Gasteiger partial charge in [-0.25, -0.2) is 0 Å². The molecule has 0 saturated carbocycles. The van der Waals surface area contributed by atoms with Gasteiger partial charge in [0.05, 0.1) is 0 Å². The summed E-state index contributed by atoms with van der Waals surface area (Å²) in [4.78, 5) is 0. The van der Waals surface area contributed by atoms with Crippen molar-refractivity contribution in [1.29, 1.82) is 0 Å². The summed E-state index contributed by atoms with van der Waals surface area (Å²) in [7, 11) is 0. The molecular formula is C13H12IN. The van der Waals surface area contributed by atoms with Crippen molar-refractivity contribution in [2.75, 3.05) is 11.9 Å². The Morgan fingerprint density at radius 3 is 2.93 bits per heavy atom. The monoisotopic (exact) mass is 309 g/mol. The quantitative estimate of drug-likeness (QED) is 0.726. The molecule has 76 valence electrons. The third-order valence-electron chi connectivity index (χ3n) is 3.14. The first-order valence-corrected chi connectivity index (χ1v) is 6.30. The summed E-state index contributed by atoms with van der Waals surface area (Å²) in [6.07, 6.45) is 0. The van der Waals surface area contributed by atoms with Crippen molar-refractivity contribution in [3.8, 4) is 0 Å². The predicted molar refractivity (Wildman–Crippen MR) is 73.6 cm³/mol. The van der Waals surface area contributed by atoms with Crippen molar-refractivity contribution in [1.82, 2.24) is 0 Å². The van der Waals surface area contributed by atoms with Gasteiger partial charge in [0.1, 0.15) is 0 Å². The lowest BCUT2D eigenvalue weighted by atomic mass is 9.96. The van der Waals surface area contributed by atoms with Crippen LogP contribution < -0.4 is 5.32 Å². The number of halogens is 1. The SMILES string of the molecule is CC1CNc2ccc3c(I)cccc3c21. The molecule has 0 radical (unpaired) electrons. The molecule has 0 spiro atoms. The van der Waals surface area contributed by atoms with E-state index in [1.54, 1.807) is 0 Å². The first-order chi connectivity index (χ1) is 7.27. The Hall–Kier alpha value is -0.770. The van der Waals surface area contributed by atoms with E-state index in [0.29, 0.717) is 5.92 Å². The van der Waals surface area contributed by atoms with Crippen LogP contribution in [-0.2, 0) is 0 Å². The van der Waals surface area contributed by atoms with Crippen molar-refractivity contribution in [3.63, 3.8) is 0 Å². The topological polar surface area (TPSA) is 12.0 Å². The van der Waals surface area contributed by atoms with Gasteiger partial charge >= 0.3 is 0 Å². The second kappa shape index (κ2) is 3.37. The molecule has 2 heteroatoms. The van der Waals surface area contributed by atoms with Crippen molar-refractivity contribution in [2.24, 2.45) is 0 Å². The second-order valence-electron chi connectivity index (χ2n) is 4.14. The smallest absolute Gasteiger partial charge is 0.0382 e. The van der Waals surface area contributed by atoms with Crippen LogP contribution in [0.4, 0.5) is 5.69 Å². The van der Waals surface area contributed by atoms with E-state index in [0.717, 1.165) is 6.54 Å². The third-order valence-corrected chi connectivity index (χ3v) is 4.08. The summed E-state index contributed by atoms with van der Waals surface area (Å²) in [5.74, 6) is 0.627. The zero-order valence-corrected chi connectivity index (χ0v) is 10.7. The van der Waals surface area contributed by atoms with Gasteiger partial charge in [-0.3, -0.25) is 0 Å². The fourth-order valence-corrected chi connectivity index (χ4v) is 3.07. The lowest BCUT2D eigenvalue weighted by molar-refractivity contribution is 0.860. The van der Waals surface area contributed by atoms with Crippen LogP contribution in [0.2, 0.25) is 0 Å². The van der Waals surface area contributed by atoms with Crippen LogP contribution in [0, 0.1) is 3.57 Å². The molecule has 1 atom stereocenters. The number of hydrogen-bond acceptors (Lipinski definition) is 1. The molecular weight excluding hydrogens is 297 g/mol. The van der Waals surface area contributed by atoms with Crippen molar-refractivity contribution >= 4 is 39.1 Å². The van der Waals surface area contributed by atoms with E-state index in [4.69, 9.17) is 0 Å². The van der Waals surface area contributed by atoms with Gasteiger partial charge in [0, 0.05) is 21.7 Å². The van der Waals surface area contributed by atoms with Gasteiger partial charge in [0.2, 0.25) is 0 Å². The second-order valence-corrected chi connectivity index (χ2v) is 5.31. The third kappa shape index (κ3) is 1.34. The molecule has 1 nitrogen and oxygen atoms in total. The Morgan fingerprint density at radius 2 is 2.07 bits per heavy atom. The molecule has 0 amide bonds. The highest BCUT2D eigenvalue weighted by Crippen LogP contribution is 2.38. The van der Waals surface area contributed by atoms with Gasteiger partial charge in [0.15, 0.2) is 0 Å². The van der Waals surface area contributed by atoms with Crippen LogP contribution >= 0.6 is 22.6 Å². The van der Waals surface area contributed by atoms with Crippen LogP contribution in [0.5, 0.6) is 0 Å². The minimum atomic E-state index is 0.627. The normalized spacial score (nSPS) is 18.9. The molecule has 1 aliphatic heterocycles. The number of nitrogens with one attached hydrogen (secondary N) is 1. The standard InChI is InChI=1S/C13H12IN/c1-8-7-15-12-6-5-9-10(13(8)12)3-2-4-11(9)14/h2-6,8,15H,7H2,1H3. The molecule has 15 heavy (non-hydrogen) atoms. The Labute approximate surface area is 103 Å². The Kier molecular flexibility index (Phi) is 2.12. The molecule has 1 unspecified atom stereocenters. The Morgan fingerprint density at radius 1 is 1.20 bits per heavy atom. The zero-order chi connectivity index (χ0) is 10.4. The summed E-state index contributed by atoms with van der Waals surface area (Å²) >= 11 is 2.41.